The average molecular weight is 376 g/mol. The van der Waals surface area contributed by atoms with E-state index in [0.717, 1.165) is 32.3 Å². The largest absolute Gasteiger partial charge is 0.371 e. The third-order valence-electron chi connectivity index (χ3n) is 7.53. The molecule has 0 aromatic carbocycles. The summed E-state index contributed by atoms with van der Waals surface area (Å²) in [4.78, 5) is 31.0. The van der Waals surface area contributed by atoms with E-state index in [1.807, 2.05) is 4.90 Å². The molecule has 2 unspecified atom stereocenters. The number of epoxide rings is 2. The average Bonchev–Trinajstić information content (AvgIpc) is 3.62. The molecule has 2 atom stereocenters. The molecule has 0 bridgehead atoms. The summed E-state index contributed by atoms with van der Waals surface area (Å²) < 4.78 is 10.9. The molecule has 3 saturated heterocycles. The molecule has 5 rings (SSSR count). The second-order valence-corrected chi connectivity index (χ2v) is 9.21. The maximum absolute atomic E-state index is 14.0. The van der Waals surface area contributed by atoms with Crippen LogP contribution in [0.25, 0.3) is 0 Å². The highest BCUT2D eigenvalue weighted by Gasteiger charge is 2.65. The Morgan fingerprint density at radius 2 is 1.26 bits per heavy atom. The van der Waals surface area contributed by atoms with Crippen LogP contribution in [-0.2, 0) is 14.3 Å². The molecule has 0 aromatic rings. The molecule has 3 aliphatic heterocycles. The zero-order valence-corrected chi connectivity index (χ0v) is 16.2. The maximum Gasteiger partial charge on any atom is 0.327 e. The summed E-state index contributed by atoms with van der Waals surface area (Å²) in [5, 5.41) is 0. The Bertz CT molecular complexity index is 571. The molecule has 2 saturated carbocycles. The fourth-order valence-electron chi connectivity index (χ4n) is 6.08. The van der Waals surface area contributed by atoms with Gasteiger partial charge in [0.25, 0.3) is 5.91 Å². The molecule has 3 heterocycles. The van der Waals surface area contributed by atoms with Crippen LogP contribution in [0.4, 0.5) is 4.79 Å². The summed E-state index contributed by atoms with van der Waals surface area (Å²) in [6.45, 7) is 2.40. The van der Waals surface area contributed by atoms with Crippen molar-refractivity contribution in [3.05, 3.63) is 0 Å². The minimum Gasteiger partial charge on any atom is -0.371 e. The van der Waals surface area contributed by atoms with Crippen LogP contribution >= 0.6 is 0 Å². The highest BCUT2D eigenvalue weighted by Crippen LogP contribution is 2.51. The standard InChI is InChI=1S/C21H32N2O4/c24-19-21(15-7-3-1-4-8-15,16-9-5-2-6-10-16)23(12-18-14-27-18)20(25)22(19)11-17-13-26-17/h15-18H,1-14H2. The predicted molar refractivity (Wildman–Crippen MR) is 99.2 cm³/mol. The normalized spacial score (nSPS) is 34.4. The van der Waals surface area contributed by atoms with Gasteiger partial charge in [-0.25, -0.2) is 4.79 Å². The summed E-state index contributed by atoms with van der Waals surface area (Å²) >= 11 is 0. The molecule has 3 amide bonds. The van der Waals surface area contributed by atoms with Gasteiger partial charge >= 0.3 is 6.03 Å². The SMILES string of the molecule is O=C1N(CC2CO2)C(=O)C(C2CCCCC2)(C2CCCCC2)N1CC1CO1. The Hall–Kier alpha value is -1.14. The molecule has 0 aromatic heterocycles. The number of imide groups is 1. The Kier molecular flexibility index (Phi) is 4.67. The fraction of sp³-hybridized carbons (Fsp3) is 0.905. The lowest BCUT2D eigenvalue weighted by atomic mass is 9.63. The molecule has 27 heavy (non-hydrogen) atoms. The lowest BCUT2D eigenvalue weighted by Crippen LogP contribution is -2.61. The van der Waals surface area contributed by atoms with Gasteiger partial charge in [-0.05, 0) is 37.5 Å². The van der Waals surface area contributed by atoms with Gasteiger partial charge in [0.05, 0.1) is 38.5 Å². The van der Waals surface area contributed by atoms with Crippen LogP contribution in [0.15, 0.2) is 0 Å². The van der Waals surface area contributed by atoms with Gasteiger partial charge in [-0.1, -0.05) is 38.5 Å². The lowest BCUT2D eigenvalue weighted by Gasteiger charge is -2.49. The van der Waals surface area contributed by atoms with Crippen molar-refractivity contribution in [1.29, 1.82) is 0 Å². The van der Waals surface area contributed by atoms with E-state index in [1.165, 1.54) is 38.5 Å². The Balaban J connectivity index is 1.54. The van der Waals surface area contributed by atoms with Crippen LogP contribution in [0.3, 0.4) is 0 Å². The number of ether oxygens (including phenoxy) is 2. The molecule has 0 spiro atoms. The zero-order valence-electron chi connectivity index (χ0n) is 16.2. The third-order valence-corrected chi connectivity index (χ3v) is 7.53. The number of nitrogens with zero attached hydrogens (tertiary/aromatic N) is 2. The quantitative estimate of drug-likeness (QED) is 0.528. The van der Waals surface area contributed by atoms with E-state index in [-0.39, 0.29) is 24.1 Å². The van der Waals surface area contributed by atoms with E-state index in [4.69, 9.17) is 9.47 Å². The Labute approximate surface area is 161 Å². The van der Waals surface area contributed by atoms with Gasteiger partial charge in [-0.15, -0.1) is 0 Å². The first kappa shape index (κ1) is 17.9. The Morgan fingerprint density at radius 3 is 1.74 bits per heavy atom. The highest BCUT2D eigenvalue weighted by atomic mass is 16.6. The second-order valence-electron chi connectivity index (χ2n) is 9.21. The molecule has 5 fully saturated rings. The van der Waals surface area contributed by atoms with Crippen LogP contribution in [-0.4, -0.2) is 65.8 Å². The van der Waals surface area contributed by atoms with E-state index in [2.05, 4.69) is 0 Å². The minimum absolute atomic E-state index is 0.0467. The number of urea groups is 1. The molecule has 5 aliphatic rings. The smallest absolute Gasteiger partial charge is 0.327 e. The van der Waals surface area contributed by atoms with Gasteiger partial charge in [0.2, 0.25) is 0 Å². The lowest BCUT2D eigenvalue weighted by molar-refractivity contribution is -0.142. The molecular weight excluding hydrogens is 344 g/mol. The molecule has 150 valence electrons. The third kappa shape index (κ3) is 3.09. The van der Waals surface area contributed by atoms with Crippen molar-refractivity contribution in [2.24, 2.45) is 11.8 Å². The minimum atomic E-state index is -0.626. The fourth-order valence-corrected chi connectivity index (χ4v) is 6.08. The molecular formula is C21H32N2O4. The van der Waals surface area contributed by atoms with Crippen molar-refractivity contribution >= 4 is 11.9 Å². The van der Waals surface area contributed by atoms with Crippen molar-refractivity contribution in [3.63, 3.8) is 0 Å². The van der Waals surface area contributed by atoms with Gasteiger partial charge < -0.3 is 14.4 Å². The first-order chi connectivity index (χ1) is 13.2. The first-order valence-electron chi connectivity index (χ1n) is 11.1. The summed E-state index contributed by atoms with van der Waals surface area (Å²) in [6.07, 6.45) is 11.7. The van der Waals surface area contributed by atoms with E-state index in [0.29, 0.717) is 31.5 Å². The number of hydrogen-bond donors (Lipinski definition) is 0. The van der Waals surface area contributed by atoms with Crippen LogP contribution < -0.4 is 0 Å². The van der Waals surface area contributed by atoms with E-state index < -0.39 is 5.54 Å². The van der Waals surface area contributed by atoms with Gasteiger partial charge in [-0.2, -0.15) is 0 Å². The number of carbonyl (C=O) groups excluding carboxylic acids is 2. The van der Waals surface area contributed by atoms with Crippen molar-refractivity contribution in [1.82, 2.24) is 9.80 Å². The van der Waals surface area contributed by atoms with Crippen LogP contribution in [0.2, 0.25) is 0 Å². The molecule has 6 nitrogen and oxygen atoms in total. The monoisotopic (exact) mass is 376 g/mol. The van der Waals surface area contributed by atoms with Gasteiger partial charge in [0, 0.05) is 0 Å². The summed E-state index contributed by atoms with van der Waals surface area (Å²) in [6, 6.07) is -0.0813. The van der Waals surface area contributed by atoms with Crippen LogP contribution in [0, 0.1) is 11.8 Å². The molecule has 2 aliphatic carbocycles. The predicted octanol–water partition coefficient (Wildman–Crippen LogP) is 2.95. The van der Waals surface area contributed by atoms with Crippen molar-refractivity contribution < 1.29 is 19.1 Å². The van der Waals surface area contributed by atoms with Crippen molar-refractivity contribution in [2.75, 3.05) is 26.3 Å². The van der Waals surface area contributed by atoms with Gasteiger partial charge in [-0.3, -0.25) is 9.69 Å². The van der Waals surface area contributed by atoms with E-state index >= 15 is 0 Å². The number of amides is 3. The molecule has 6 heteroatoms. The molecule has 0 radical (unpaired) electrons. The summed E-state index contributed by atoms with van der Waals surface area (Å²) in [5.41, 5.74) is -0.626. The van der Waals surface area contributed by atoms with Crippen molar-refractivity contribution in [3.8, 4) is 0 Å². The molecule has 0 N–H and O–H groups in total. The number of hydrogen-bond acceptors (Lipinski definition) is 4. The first-order valence-corrected chi connectivity index (χ1v) is 11.1. The van der Waals surface area contributed by atoms with Gasteiger partial charge in [0.1, 0.15) is 5.54 Å². The number of carbonyl (C=O) groups is 2. The second kappa shape index (κ2) is 7.03. The van der Waals surface area contributed by atoms with Crippen molar-refractivity contribution in [2.45, 2.75) is 82.0 Å². The summed E-state index contributed by atoms with van der Waals surface area (Å²) in [7, 11) is 0. The van der Waals surface area contributed by atoms with Crippen LogP contribution in [0.1, 0.15) is 64.2 Å². The summed E-state index contributed by atoms with van der Waals surface area (Å²) in [5.74, 6) is 0.687. The number of rotatable bonds is 6. The maximum atomic E-state index is 14.0. The van der Waals surface area contributed by atoms with Crippen LogP contribution in [0.5, 0.6) is 0 Å². The van der Waals surface area contributed by atoms with Gasteiger partial charge in [0.15, 0.2) is 0 Å². The van der Waals surface area contributed by atoms with E-state index in [9.17, 15) is 9.59 Å². The zero-order chi connectivity index (χ0) is 18.4. The highest BCUT2D eigenvalue weighted by molar-refractivity contribution is 6.07. The topological polar surface area (TPSA) is 65.7 Å². The Morgan fingerprint density at radius 1 is 0.778 bits per heavy atom. The van der Waals surface area contributed by atoms with E-state index in [1.54, 1.807) is 4.90 Å².